The van der Waals surface area contributed by atoms with E-state index in [0.717, 1.165) is 12.8 Å². The van der Waals surface area contributed by atoms with Crippen LogP contribution in [0.15, 0.2) is 24.7 Å². The van der Waals surface area contributed by atoms with Gasteiger partial charge in [-0.3, -0.25) is 14.6 Å². The van der Waals surface area contributed by atoms with Crippen molar-refractivity contribution < 1.29 is 14.0 Å². The highest BCUT2D eigenvalue weighted by Gasteiger charge is 2.29. The SMILES string of the molecule is CN(CCF)C(=O)CNc1cc(-c2cnc(NC(=O)C3CC3)cn2)cnc1C#N. The van der Waals surface area contributed by atoms with Gasteiger partial charge in [-0.2, -0.15) is 5.26 Å². The van der Waals surface area contributed by atoms with Crippen molar-refractivity contribution in [1.29, 1.82) is 5.26 Å². The molecule has 0 saturated heterocycles. The van der Waals surface area contributed by atoms with Gasteiger partial charge in [0.15, 0.2) is 11.5 Å². The maximum absolute atomic E-state index is 12.4. The minimum Gasteiger partial charge on any atom is -0.374 e. The van der Waals surface area contributed by atoms with Crippen molar-refractivity contribution in [1.82, 2.24) is 19.9 Å². The first-order chi connectivity index (χ1) is 14.0. The Morgan fingerprint density at radius 3 is 2.69 bits per heavy atom. The number of nitriles is 1. The predicted octanol–water partition coefficient (Wildman–Crippen LogP) is 1.60. The van der Waals surface area contributed by atoms with E-state index in [0.29, 0.717) is 22.8 Å². The fourth-order valence-corrected chi connectivity index (χ4v) is 2.50. The van der Waals surface area contributed by atoms with Gasteiger partial charge in [-0.15, -0.1) is 0 Å². The summed E-state index contributed by atoms with van der Waals surface area (Å²) in [6, 6.07) is 3.60. The second-order valence-corrected chi connectivity index (χ2v) is 6.64. The third-order valence-corrected chi connectivity index (χ3v) is 4.42. The minimum absolute atomic E-state index is 0.00311. The second kappa shape index (κ2) is 9.05. The van der Waals surface area contributed by atoms with Crippen molar-refractivity contribution >= 4 is 23.3 Å². The van der Waals surface area contributed by atoms with Crippen LogP contribution < -0.4 is 10.6 Å². The number of alkyl halides is 1. The third kappa shape index (κ3) is 5.22. The Labute approximate surface area is 167 Å². The maximum atomic E-state index is 12.4. The number of hydrogen-bond acceptors (Lipinski definition) is 7. The maximum Gasteiger partial charge on any atom is 0.241 e. The van der Waals surface area contributed by atoms with Crippen LogP contribution >= 0.6 is 0 Å². The lowest BCUT2D eigenvalue weighted by Gasteiger charge is -2.16. The van der Waals surface area contributed by atoms with Crippen LogP contribution in [-0.4, -0.2) is 58.5 Å². The molecule has 2 heterocycles. The van der Waals surface area contributed by atoms with E-state index < -0.39 is 6.67 Å². The molecule has 10 heteroatoms. The Balaban J connectivity index is 1.71. The van der Waals surface area contributed by atoms with E-state index in [1.165, 1.54) is 30.5 Å². The molecular weight excluding hydrogens is 377 g/mol. The second-order valence-electron chi connectivity index (χ2n) is 6.64. The molecule has 0 unspecified atom stereocenters. The van der Waals surface area contributed by atoms with Gasteiger partial charge in [0.25, 0.3) is 0 Å². The fraction of sp³-hybridized carbons (Fsp3) is 0.368. The van der Waals surface area contributed by atoms with Crippen LogP contribution in [0.25, 0.3) is 11.3 Å². The van der Waals surface area contributed by atoms with E-state index in [1.807, 2.05) is 6.07 Å². The van der Waals surface area contributed by atoms with Crippen LogP contribution in [0.3, 0.4) is 0 Å². The highest BCUT2D eigenvalue weighted by Crippen LogP contribution is 2.30. The smallest absolute Gasteiger partial charge is 0.241 e. The van der Waals surface area contributed by atoms with Crippen molar-refractivity contribution in [2.45, 2.75) is 12.8 Å². The van der Waals surface area contributed by atoms with Gasteiger partial charge < -0.3 is 15.5 Å². The lowest BCUT2D eigenvalue weighted by Crippen LogP contribution is -2.33. The minimum atomic E-state index is -0.626. The van der Waals surface area contributed by atoms with Crippen LogP contribution in [0.4, 0.5) is 15.9 Å². The summed E-state index contributed by atoms with van der Waals surface area (Å²) >= 11 is 0. The number of rotatable bonds is 8. The molecule has 2 N–H and O–H groups in total. The van der Waals surface area contributed by atoms with E-state index in [9.17, 15) is 19.2 Å². The standard InChI is InChI=1S/C19H20FN7O2/c1-27(5-4-20)18(28)11-24-14-6-13(8-22-15(14)7-21)16-9-25-17(10-23-16)26-19(29)12-2-3-12/h6,8-10,12,24H,2-5,11H2,1H3,(H,25,26,29). The van der Waals surface area contributed by atoms with Crippen LogP contribution in [0.1, 0.15) is 18.5 Å². The molecule has 0 aromatic carbocycles. The molecule has 1 fully saturated rings. The number of amides is 2. The molecule has 0 atom stereocenters. The van der Waals surface area contributed by atoms with Gasteiger partial charge in [-0.05, 0) is 18.9 Å². The molecule has 0 aliphatic heterocycles. The summed E-state index contributed by atoms with van der Waals surface area (Å²) in [6.45, 7) is -0.726. The predicted molar refractivity (Wildman–Crippen MR) is 103 cm³/mol. The van der Waals surface area contributed by atoms with Crippen molar-refractivity contribution in [3.63, 3.8) is 0 Å². The summed E-state index contributed by atoms with van der Waals surface area (Å²) in [5.74, 6) is 0.0695. The first-order valence-corrected chi connectivity index (χ1v) is 9.09. The normalized spacial score (nSPS) is 12.7. The average molecular weight is 397 g/mol. The summed E-state index contributed by atoms with van der Waals surface area (Å²) in [5.41, 5.74) is 1.56. The van der Waals surface area contributed by atoms with Gasteiger partial charge >= 0.3 is 0 Å². The molecule has 1 saturated carbocycles. The van der Waals surface area contributed by atoms with E-state index in [2.05, 4.69) is 25.6 Å². The molecule has 0 radical (unpaired) electrons. The third-order valence-electron chi connectivity index (χ3n) is 4.42. The van der Waals surface area contributed by atoms with Crippen molar-refractivity contribution in [2.75, 3.05) is 37.4 Å². The number of carbonyl (C=O) groups excluding carboxylic acids is 2. The van der Waals surface area contributed by atoms with Crippen LogP contribution in [0.5, 0.6) is 0 Å². The summed E-state index contributed by atoms with van der Waals surface area (Å²) in [5, 5.41) is 14.8. The van der Waals surface area contributed by atoms with Crippen molar-refractivity contribution in [3.05, 3.63) is 30.4 Å². The van der Waals surface area contributed by atoms with E-state index in [4.69, 9.17) is 0 Å². The molecule has 1 aliphatic carbocycles. The summed E-state index contributed by atoms with van der Waals surface area (Å²) < 4.78 is 12.4. The number of hydrogen-bond donors (Lipinski definition) is 2. The summed E-state index contributed by atoms with van der Waals surface area (Å²) in [6.07, 6.45) is 6.23. The van der Waals surface area contributed by atoms with Gasteiger partial charge in [-0.1, -0.05) is 0 Å². The molecule has 0 spiro atoms. The average Bonchev–Trinajstić information content (AvgIpc) is 3.58. The molecule has 29 heavy (non-hydrogen) atoms. The molecule has 0 bridgehead atoms. The fourth-order valence-electron chi connectivity index (χ4n) is 2.50. The van der Waals surface area contributed by atoms with Gasteiger partial charge in [0.05, 0.1) is 30.3 Å². The van der Waals surface area contributed by atoms with E-state index >= 15 is 0 Å². The Morgan fingerprint density at radius 1 is 1.28 bits per heavy atom. The van der Waals surface area contributed by atoms with E-state index in [-0.39, 0.29) is 36.5 Å². The number of pyridine rings is 1. The molecule has 2 aromatic heterocycles. The molecule has 2 aromatic rings. The van der Waals surface area contributed by atoms with Gasteiger partial charge in [-0.25, -0.2) is 14.4 Å². The van der Waals surface area contributed by atoms with Gasteiger partial charge in [0.1, 0.15) is 12.7 Å². The van der Waals surface area contributed by atoms with E-state index in [1.54, 1.807) is 6.07 Å². The lowest BCUT2D eigenvalue weighted by molar-refractivity contribution is -0.128. The first-order valence-electron chi connectivity index (χ1n) is 9.09. The first kappa shape index (κ1) is 20.1. The molecule has 9 nitrogen and oxygen atoms in total. The highest BCUT2D eigenvalue weighted by atomic mass is 19.1. The topological polar surface area (TPSA) is 124 Å². The van der Waals surface area contributed by atoms with Crippen LogP contribution in [0, 0.1) is 17.2 Å². The highest BCUT2D eigenvalue weighted by molar-refractivity contribution is 5.93. The van der Waals surface area contributed by atoms with Gasteiger partial charge in [0.2, 0.25) is 11.8 Å². The summed E-state index contributed by atoms with van der Waals surface area (Å²) in [4.78, 5) is 37.6. The quantitative estimate of drug-likeness (QED) is 0.693. The van der Waals surface area contributed by atoms with Crippen molar-refractivity contribution in [2.24, 2.45) is 5.92 Å². The number of aromatic nitrogens is 3. The number of carbonyl (C=O) groups is 2. The number of halogens is 1. The zero-order valence-corrected chi connectivity index (χ0v) is 15.9. The number of nitrogens with one attached hydrogen (secondary N) is 2. The van der Waals surface area contributed by atoms with Crippen molar-refractivity contribution in [3.8, 4) is 17.3 Å². The molecular formula is C19H20FN7O2. The molecule has 2 amide bonds. The largest absolute Gasteiger partial charge is 0.374 e. The number of anilines is 2. The molecule has 150 valence electrons. The number of nitrogens with zero attached hydrogens (tertiary/aromatic N) is 5. The zero-order valence-electron chi connectivity index (χ0n) is 15.9. The monoisotopic (exact) mass is 397 g/mol. The Morgan fingerprint density at radius 2 is 2.07 bits per heavy atom. The Bertz CT molecular complexity index is 939. The Hall–Kier alpha value is -3.61. The molecule has 3 rings (SSSR count). The lowest BCUT2D eigenvalue weighted by atomic mass is 10.1. The number of likely N-dealkylation sites (N-methyl/N-ethyl adjacent to an activating group) is 1. The van der Waals surface area contributed by atoms with Crippen LogP contribution in [-0.2, 0) is 9.59 Å². The van der Waals surface area contributed by atoms with Gasteiger partial charge in [0, 0.05) is 31.3 Å². The van der Waals surface area contributed by atoms with Crippen LogP contribution in [0.2, 0.25) is 0 Å². The molecule has 1 aliphatic rings. The Kier molecular flexibility index (Phi) is 6.29. The summed E-state index contributed by atoms with van der Waals surface area (Å²) in [7, 11) is 1.50. The zero-order chi connectivity index (χ0) is 20.8.